The first-order valence-corrected chi connectivity index (χ1v) is 9.23. The molecule has 5 heteroatoms. The van der Waals surface area contributed by atoms with Crippen LogP contribution in [0.1, 0.15) is 47.1 Å². The Hall–Kier alpha value is -2.40. The number of carbonyl (C=O) groups excluding carboxylic acids is 2. The van der Waals surface area contributed by atoms with Gasteiger partial charge in [0, 0.05) is 24.2 Å². The number of Topliss-reactive ketones (excluding diaryl/α,β-unsaturated/α-hetero) is 1. The second kappa shape index (κ2) is 8.32. The third-order valence-corrected chi connectivity index (χ3v) is 5.10. The summed E-state index contributed by atoms with van der Waals surface area (Å²) in [5.41, 5.74) is 1.53. The molecule has 1 aromatic heterocycles. The van der Waals surface area contributed by atoms with Crippen LogP contribution in [-0.4, -0.2) is 43.3 Å². The predicted molar refractivity (Wildman–Crippen MR) is 101 cm³/mol. The number of amides is 1. The van der Waals surface area contributed by atoms with Gasteiger partial charge in [-0.15, -0.1) is 0 Å². The van der Waals surface area contributed by atoms with Crippen molar-refractivity contribution in [3.8, 4) is 11.3 Å². The number of piperidine rings is 1. The van der Waals surface area contributed by atoms with E-state index < -0.39 is 0 Å². The summed E-state index contributed by atoms with van der Waals surface area (Å²) in [6, 6.07) is 10.8. The maximum Gasteiger partial charge on any atom is 0.289 e. The van der Waals surface area contributed by atoms with Crippen LogP contribution in [0.4, 0.5) is 0 Å². The van der Waals surface area contributed by atoms with Crippen LogP contribution >= 0.6 is 0 Å². The van der Waals surface area contributed by atoms with Crippen LogP contribution < -0.4 is 5.32 Å². The van der Waals surface area contributed by atoms with Gasteiger partial charge in [-0.3, -0.25) is 9.59 Å². The van der Waals surface area contributed by atoms with E-state index in [2.05, 4.69) is 5.32 Å². The van der Waals surface area contributed by atoms with Crippen LogP contribution in [0.2, 0.25) is 0 Å². The van der Waals surface area contributed by atoms with Crippen molar-refractivity contribution in [2.45, 2.75) is 26.2 Å². The average molecular weight is 354 g/mol. The minimum absolute atomic E-state index is 0.0324. The Bertz CT molecular complexity index is 756. The van der Waals surface area contributed by atoms with Crippen molar-refractivity contribution in [2.24, 2.45) is 5.92 Å². The highest BCUT2D eigenvalue weighted by molar-refractivity contribution is 5.94. The van der Waals surface area contributed by atoms with E-state index in [9.17, 15) is 9.59 Å². The summed E-state index contributed by atoms with van der Waals surface area (Å²) in [4.78, 5) is 25.9. The van der Waals surface area contributed by atoms with Gasteiger partial charge in [0.1, 0.15) is 5.76 Å². The summed E-state index contributed by atoms with van der Waals surface area (Å²) in [7, 11) is 1.97. The van der Waals surface area contributed by atoms with Gasteiger partial charge in [0.05, 0.1) is 0 Å². The van der Waals surface area contributed by atoms with Crippen molar-refractivity contribution < 1.29 is 14.0 Å². The standard InChI is InChI=1S/C21H26N2O3/c1-15(24)17-3-5-18(6-4-17)19-7-8-20(26-19)21(25)23-13-10-16(11-14-23)9-12-22-2/h3-8,16,22H,9-14H2,1-2H3. The van der Waals surface area contributed by atoms with Crippen LogP contribution in [-0.2, 0) is 0 Å². The number of furan rings is 1. The number of hydrogen-bond acceptors (Lipinski definition) is 4. The molecule has 0 spiro atoms. The molecule has 5 nitrogen and oxygen atoms in total. The first-order valence-electron chi connectivity index (χ1n) is 9.23. The number of carbonyl (C=O) groups is 2. The zero-order valence-corrected chi connectivity index (χ0v) is 15.5. The molecule has 1 aromatic carbocycles. The zero-order chi connectivity index (χ0) is 18.5. The maximum absolute atomic E-state index is 12.7. The molecule has 0 aliphatic carbocycles. The number of benzene rings is 1. The van der Waals surface area contributed by atoms with Crippen molar-refractivity contribution in [3.05, 3.63) is 47.7 Å². The molecule has 2 heterocycles. The van der Waals surface area contributed by atoms with Gasteiger partial charge < -0.3 is 14.6 Å². The molecule has 1 N–H and O–H groups in total. The fourth-order valence-corrected chi connectivity index (χ4v) is 3.41. The van der Waals surface area contributed by atoms with E-state index >= 15 is 0 Å². The lowest BCUT2D eigenvalue weighted by Crippen LogP contribution is -2.38. The Morgan fingerprint density at radius 1 is 1.12 bits per heavy atom. The Morgan fingerprint density at radius 2 is 1.81 bits per heavy atom. The first-order chi connectivity index (χ1) is 12.6. The SMILES string of the molecule is CNCCC1CCN(C(=O)c2ccc(-c3ccc(C(C)=O)cc3)o2)CC1. The molecule has 1 saturated heterocycles. The molecule has 26 heavy (non-hydrogen) atoms. The molecule has 0 bridgehead atoms. The Labute approximate surface area is 154 Å². The summed E-state index contributed by atoms with van der Waals surface area (Å²) >= 11 is 0. The van der Waals surface area contributed by atoms with Gasteiger partial charge in [0.2, 0.25) is 0 Å². The molecule has 3 rings (SSSR count). The van der Waals surface area contributed by atoms with Crippen LogP contribution in [0, 0.1) is 5.92 Å². The minimum atomic E-state index is -0.0383. The molecule has 0 unspecified atom stereocenters. The number of hydrogen-bond donors (Lipinski definition) is 1. The van der Waals surface area contributed by atoms with Crippen molar-refractivity contribution in [2.75, 3.05) is 26.7 Å². The molecule has 0 atom stereocenters. The normalized spacial score (nSPS) is 15.2. The quantitative estimate of drug-likeness (QED) is 0.805. The van der Waals surface area contributed by atoms with Crippen molar-refractivity contribution >= 4 is 11.7 Å². The van der Waals surface area contributed by atoms with Crippen LogP contribution in [0.25, 0.3) is 11.3 Å². The Kier molecular flexibility index (Phi) is 5.89. The fraction of sp³-hybridized carbons (Fsp3) is 0.429. The molecule has 2 aromatic rings. The second-order valence-corrected chi connectivity index (χ2v) is 6.93. The van der Waals surface area contributed by atoms with E-state index in [0.29, 0.717) is 23.0 Å². The summed E-state index contributed by atoms with van der Waals surface area (Å²) in [6.07, 6.45) is 3.26. The highest BCUT2D eigenvalue weighted by Gasteiger charge is 2.25. The third kappa shape index (κ3) is 4.22. The monoisotopic (exact) mass is 354 g/mol. The number of rotatable bonds is 6. The lowest BCUT2D eigenvalue weighted by atomic mass is 9.93. The fourth-order valence-electron chi connectivity index (χ4n) is 3.41. The van der Waals surface area contributed by atoms with Crippen LogP contribution in [0.5, 0.6) is 0 Å². The summed E-state index contributed by atoms with van der Waals surface area (Å²) in [5, 5.41) is 3.19. The van der Waals surface area contributed by atoms with E-state index in [1.54, 1.807) is 25.1 Å². The molecule has 1 fully saturated rings. The van der Waals surface area contributed by atoms with Crippen molar-refractivity contribution in [1.29, 1.82) is 0 Å². The molecule has 1 aliphatic heterocycles. The number of nitrogens with one attached hydrogen (secondary N) is 1. The van der Waals surface area contributed by atoms with Gasteiger partial charge in [0.15, 0.2) is 11.5 Å². The van der Waals surface area contributed by atoms with Crippen molar-refractivity contribution in [1.82, 2.24) is 10.2 Å². The molecule has 0 radical (unpaired) electrons. The largest absolute Gasteiger partial charge is 0.451 e. The molecule has 138 valence electrons. The topological polar surface area (TPSA) is 62.6 Å². The predicted octanol–water partition coefficient (Wildman–Crippen LogP) is 3.61. The van der Waals surface area contributed by atoms with E-state index in [-0.39, 0.29) is 11.7 Å². The van der Waals surface area contributed by atoms with E-state index in [1.807, 2.05) is 30.1 Å². The molecule has 0 saturated carbocycles. The summed E-state index contributed by atoms with van der Waals surface area (Å²) in [6.45, 7) is 4.15. The third-order valence-electron chi connectivity index (χ3n) is 5.10. The Balaban J connectivity index is 1.62. The highest BCUT2D eigenvalue weighted by Crippen LogP contribution is 2.26. The summed E-state index contributed by atoms with van der Waals surface area (Å²) in [5.74, 6) is 1.71. The van der Waals surface area contributed by atoms with Gasteiger partial charge in [-0.2, -0.15) is 0 Å². The van der Waals surface area contributed by atoms with Gasteiger partial charge in [0.25, 0.3) is 5.91 Å². The van der Waals surface area contributed by atoms with Crippen molar-refractivity contribution in [3.63, 3.8) is 0 Å². The first kappa shape index (κ1) is 18.4. The smallest absolute Gasteiger partial charge is 0.289 e. The summed E-state index contributed by atoms with van der Waals surface area (Å²) < 4.78 is 5.79. The second-order valence-electron chi connectivity index (χ2n) is 6.93. The molecule has 1 aliphatic rings. The minimum Gasteiger partial charge on any atom is -0.451 e. The van der Waals surface area contributed by atoms with Gasteiger partial charge in [-0.1, -0.05) is 24.3 Å². The van der Waals surface area contributed by atoms with E-state index in [0.717, 1.165) is 38.0 Å². The number of ketones is 1. The average Bonchev–Trinajstić information content (AvgIpc) is 3.16. The lowest BCUT2D eigenvalue weighted by Gasteiger charge is -2.31. The molecular weight excluding hydrogens is 328 g/mol. The number of nitrogens with zero attached hydrogens (tertiary/aromatic N) is 1. The lowest BCUT2D eigenvalue weighted by molar-refractivity contribution is 0.0656. The van der Waals surface area contributed by atoms with Crippen LogP contribution in [0.3, 0.4) is 0 Å². The van der Waals surface area contributed by atoms with E-state index in [1.165, 1.54) is 6.42 Å². The maximum atomic E-state index is 12.7. The van der Waals surface area contributed by atoms with Gasteiger partial charge in [-0.25, -0.2) is 0 Å². The number of likely N-dealkylation sites (tertiary alicyclic amines) is 1. The van der Waals surface area contributed by atoms with Gasteiger partial charge >= 0.3 is 0 Å². The molecular formula is C21H26N2O3. The van der Waals surface area contributed by atoms with Crippen LogP contribution in [0.15, 0.2) is 40.8 Å². The zero-order valence-electron chi connectivity index (χ0n) is 15.5. The van der Waals surface area contributed by atoms with E-state index in [4.69, 9.17) is 4.42 Å². The Morgan fingerprint density at radius 3 is 2.42 bits per heavy atom. The molecule has 1 amide bonds. The highest BCUT2D eigenvalue weighted by atomic mass is 16.4. The van der Waals surface area contributed by atoms with Gasteiger partial charge in [-0.05, 0) is 57.8 Å².